The number of anilines is 1. The average molecular weight is 426 g/mol. The first kappa shape index (κ1) is 20.3. The number of methoxy groups -OCH3 is 1. The van der Waals surface area contributed by atoms with Crippen LogP contribution in [-0.4, -0.2) is 37.2 Å². The minimum absolute atomic E-state index is 0.172. The van der Waals surface area contributed by atoms with Crippen molar-refractivity contribution in [2.24, 2.45) is 0 Å². The highest BCUT2D eigenvalue weighted by molar-refractivity contribution is 7.17. The zero-order valence-corrected chi connectivity index (χ0v) is 17.5. The number of thiophene rings is 1. The number of amides is 2. The number of nitrogens with zero attached hydrogens (tertiary/aromatic N) is 1. The van der Waals surface area contributed by atoms with Gasteiger partial charge < -0.3 is 19.9 Å². The SMILES string of the molecule is COCCNC(=O)c1c(NC(=O)c2cc(-c3ccccc3)on2)sc2c1CCCC2. The highest BCUT2D eigenvalue weighted by atomic mass is 32.1. The zero-order chi connectivity index (χ0) is 20.9. The smallest absolute Gasteiger partial charge is 0.278 e. The number of hydrogen-bond acceptors (Lipinski definition) is 6. The van der Waals surface area contributed by atoms with Gasteiger partial charge in [0.15, 0.2) is 11.5 Å². The Kier molecular flexibility index (Phi) is 6.25. The average Bonchev–Trinajstić information content (AvgIpc) is 3.39. The van der Waals surface area contributed by atoms with E-state index in [1.165, 1.54) is 16.2 Å². The zero-order valence-electron chi connectivity index (χ0n) is 16.7. The second-order valence-electron chi connectivity index (χ2n) is 7.06. The number of ether oxygens (including phenoxy) is 1. The third-order valence-electron chi connectivity index (χ3n) is 5.02. The molecule has 0 bridgehead atoms. The summed E-state index contributed by atoms with van der Waals surface area (Å²) >= 11 is 1.47. The Bertz CT molecular complexity index is 1040. The van der Waals surface area contributed by atoms with Crippen LogP contribution in [0.25, 0.3) is 11.3 Å². The van der Waals surface area contributed by atoms with E-state index >= 15 is 0 Å². The van der Waals surface area contributed by atoms with Gasteiger partial charge in [0.25, 0.3) is 11.8 Å². The maximum atomic E-state index is 12.8. The highest BCUT2D eigenvalue weighted by Gasteiger charge is 2.27. The summed E-state index contributed by atoms with van der Waals surface area (Å²) in [4.78, 5) is 26.8. The van der Waals surface area contributed by atoms with E-state index in [1.54, 1.807) is 13.2 Å². The van der Waals surface area contributed by atoms with Gasteiger partial charge >= 0.3 is 0 Å². The number of rotatable bonds is 7. The molecule has 0 saturated heterocycles. The molecular weight excluding hydrogens is 402 g/mol. The van der Waals surface area contributed by atoms with E-state index in [1.807, 2.05) is 30.3 Å². The Morgan fingerprint density at radius 2 is 1.97 bits per heavy atom. The van der Waals surface area contributed by atoms with Crippen molar-refractivity contribution in [3.8, 4) is 11.3 Å². The van der Waals surface area contributed by atoms with Crippen LogP contribution < -0.4 is 10.6 Å². The van der Waals surface area contributed by atoms with Gasteiger partial charge in [-0.3, -0.25) is 9.59 Å². The van der Waals surface area contributed by atoms with E-state index in [4.69, 9.17) is 9.26 Å². The fourth-order valence-corrected chi connectivity index (χ4v) is 4.82. The highest BCUT2D eigenvalue weighted by Crippen LogP contribution is 2.38. The quantitative estimate of drug-likeness (QED) is 0.560. The number of aromatic nitrogens is 1. The molecule has 0 unspecified atom stereocenters. The molecule has 156 valence electrons. The Morgan fingerprint density at radius 1 is 1.17 bits per heavy atom. The van der Waals surface area contributed by atoms with Crippen molar-refractivity contribution < 1.29 is 18.8 Å². The number of hydrogen-bond donors (Lipinski definition) is 2. The van der Waals surface area contributed by atoms with Gasteiger partial charge in [-0.05, 0) is 31.2 Å². The van der Waals surface area contributed by atoms with Gasteiger partial charge in [-0.1, -0.05) is 35.5 Å². The Labute approximate surface area is 178 Å². The molecule has 30 heavy (non-hydrogen) atoms. The number of aryl methyl sites for hydroxylation is 1. The molecule has 0 radical (unpaired) electrons. The van der Waals surface area contributed by atoms with Gasteiger partial charge in [0, 0.05) is 30.2 Å². The number of carbonyl (C=O) groups is 2. The molecule has 8 heteroatoms. The first-order valence-corrected chi connectivity index (χ1v) is 10.7. The molecule has 1 aromatic carbocycles. The summed E-state index contributed by atoms with van der Waals surface area (Å²) in [6.45, 7) is 0.845. The van der Waals surface area contributed by atoms with E-state index < -0.39 is 5.91 Å². The first-order valence-electron chi connectivity index (χ1n) is 9.92. The van der Waals surface area contributed by atoms with Gasteiger partial charge in [-0.25, -0.2) is 0 Å². The van der Waals surface area contributed by atoms with Crippen LogP contribution >= 0.6 is 11.3 Å². The van der Waals surface area contributed by atoms with Crippen LogP contribution in [0.5, 0.6) is 0 Å². The van der Waals surface area contributed by atoms with E-state index in [0.717, 1.165) is 36.8 Å². The van der Waals surface area contributed by atoms with Crippen molar-refractivity contribution in [2.45, 2.75) is 25.7 Å². The summed E-state index contributed by atoms with van der Waals surface area (Å²) in [5.74, 6) is -0.0684. The summed E-state index contributed by atoms with van der Waals surface area (Å²) in [7, 11) is 1.59. The lowest BCUT2D eigenvalue weighted by atomic mass is 9.95. The van der Waals surface area contributed by atoms with Gasteiger partial charge in [-0.15, -0.1) is 11.3 Å². The van der Waals surface area contributed by atoms with E-state index in [-0.39, 0.29) is 11.6 Å². The molecular formula is C22H23N3O4S. The molecule has 4 rings (SSSR count). The maximum Gasteiger partial charge on any atom is 0.278 e. The molecule has 7 nitrogen and oxygen atoms in total. The monoisotopic (exact) mass is 425 g/mol. The van der Waals surface area contributed by atoms with Gasteiger partial charge in [0.05, 0.1) is 12.2 Å². The van der Waals surface area contributed by atoms with Crippen LogP contribution in [0, 0.1) is 0 Å². The molecule has 2 heterocycles. The third kappa shape index (κ3) is 4.29. The van der Waals surface area contributed by atoms with Gasteiger partial charge in [0.2, 0.25) is 0 Å². The second kappa shape index (κ2) is 9.23. The lowest BCUT2D eigenvalue weighted by molar-refractivity contribution is 0.0937. The molecule has 2 N–H and O–H groups in total. The molecule has 0 saturated carbocycles. The molecule has 1 aliphatic carbocycles. The minimum atomic E-state index is -0.398. The van der Waals surface area contributed by atoms with Gasteiger partial charge in [0.1, 0.15) is 5.00 Å². The van der Waals surface area contributed by atoms with Crippen molar-refractivity contribution in [3.05, 3.63) is 58.1 Å². The fourth-order valence-electron chi connectivity index (χ4n) is 3.54. The number of fused-ring (bicyclic) bond motifs is 1. The standard InChI is InChI=1S/C22H23N3O4S/c1-28-12-11-23-21(27)19-15-9-5-6-10-18(15)30-22(19)24-20(26)16-13-17(29-25-16)14-7-3-2-4-8-14/h2-4,7-8,13H,5-6,9-12H2,1H3,(H,23,27)(H,24,26). The lowest BCUT2D eigenvalue weighted by Crippen LogP contribution is -2.28. The van der Waals surface area contributed by atoms with E-state index in [2.05, 4.69) is 15.8 Å². The number of carbonyl (C=O) groups excluding carboxylic acids is 2. The molecule has 2 amide bonds. The van der Waals surface area contributed by atoms with Crippen molar-refractivity contribution >= 4 is 28.2 Å². The minimum Gasteiger partial charge on any atom is -0.383 e. The van der Waals surface area contributed by atoms with E-state index in [9.17, 15) is 9.59 Å². The molecule has 0 atom stereocenters. The maximum absolute atomic E-state index is 12.8. The summed E-state index contributed by atoms with van der Waals surface area (Å²) in [5.41, 5.74) is 2.62. The topological polar surface area (TPSA) is 93.5 Å². The van der Waals surface area contributed by atoms with Crippen LogP contribution in [0.15, 0.2) is 40.9 Å². The Hall–Kier alpha value is -2.97. The number of nitrogens with one attached hydrogen (secondary N) is 2. The fraction of sp³-hybridized carbons (Fsp3) is 0.318. The summed E-state index contributed by atoms with van der Waals surface area (Å²) in [6, 6.07) is 11.1. The molecule has 0 fully saturated rings. The lowest BCUT2D eigenvalue weighted by Gasteiger charge is -2.13. The second-order valence-corrected chi connectivity index (χ2v) is 8.17. The van der Waals surface area contributed by atoms with Crippen molar-refractivity contribution in [1.82, 2.24) is 10.5 Å². The van der Waals surface area contributed by atoms with Crippen LogP contribution in [0.3, 0.4) is 0 Å². The van der Waals surface area contributed by atoms with Crippen LogP contribution in [0.2, 0.25) is 0 Å². The van der Waals surface area contributed by atoms with Gasteiger partial charge in [-0.2, -0.15) is 0 Å². The Balaban J connectivity index is 1.56. The summed E-state index contributed by atoms with van der Waals surface area (Å²) in [6.07, 6.45) is 3.90. The van der Waals surface area contributed by atoms with E-state index in [0.29, 0.717) is 29.5 Å². The van der Waals surface area contributed by atoms with Crippen molar-refractivity contribution in [1.29, 1.82) is 0 Å². The summed E-state index contributed by atoms with van der Waals surface area (Å²) in [5, 5.41) is 10.2. The first-order chi connectivity index (χ1) is 14.7. The van der Waals surface area contributed by atoms with Crippen LogP contribution in [0.1, 0.15) is 44.1 Å². The molecule has 2 aromatic heterocycles. The summed E-state index contributed by atoms with van der Waals surface area (Å²) < 4.78 is 10.3. The normalized spacial score (nSPS) is 13.0. The third-order valence-corrected chi connectivity index (χ3v) is 6.23. The van der Waals surface area contributed by atoms with Crippen LogP contribution in [-0.2, 0) is 17.6 Å². The largest absolute Gasteiger partial charge is 0.383 e. The predicted molar refractivity (Wildman–Crippen MR) is 115 cm³/mol. The molecule has 1 aliphatic rings. The van der Waals surface area contributed by atoms with Crippen molar-refractivity contribution in [2.75, 3.05) is 25.6 Å². The predicted octanol–water partition coefficient (Wildman–Crippen LogP) is 3.91. The van der Waals surface area contributed by atoms with Crippen molar-refractivity contribution in [3.63, 3.8) is 0 Å². The molecule has 0 aliphatic heterocycles. The van der Waals surface area contributed by atoms with Crippen LogP contribution in [0.4, 0.5) is 5.00 Å². The number of benzene rings is 1. The molecule has 0 spiro atoms. The Morgan fingerprint density at radius 3 is 2.77 bits per heavy atom. The molecule has 3 aromatic rings.